The number of nitrogens with zero attached hydrogens (tertiary/aromatic N) is 2. The normalized spacial score (nSPS) is 26.8. The van der Waals surface area contributed by atoms with Crippen LogP contribution in [0.25, 0.3) is 0 Å². The predicted octanol–water partition coefficient (Wildman–Crippen LogP) is 0.214. The molecule has 6 heteroatoms. The molecule has 0 spiro atoms. The summed E-state index contributed by atoms with van der Waals surface area (Å²) in [5, 5.41) is 10.3. The van der Waals surface area contributed by atoms with Crippen LogP contribution in [0.15, 0.2) is 9.59 Å². The Morgan fingerprint density at radius 1 is 1.26 bits per heavy atom. The molecule has 1 aromatic heterocycles. The van der Waals surface area contributed by atoms with E-state index in [0.29, 0.717) is 18.0 Å². The Kier molecular flexibility index (Phi) is 2.97. The molecule has 0 saturated carbocycles. The topological polar surface area (TPSA) is 78.3 Å². The number of aromatic nitrogens is 2. The van der Waals surface area contributed by atoms with Crippen molar-refractivity contribution in [3.8, 4) is 5.88 Å². The van der Waals surface area contributed by atoms with Crippen LogP contribution in [0, 0.1) is 0 Å². The third-order valence-electron chi connectivity index (χ3n) is 4.47. The SMILES string of the molecule is CCc1c(O)n(C2CCN3CCCC23)c(=O)[nH]c1=O. The zero-order chi connectivity index (χ0) is 13.6. The first kappa shape index (κ1) is 12.5. The Morgan fingerprint density at radius 3 is 2.79 bits per heavy atom. The van der Waals surface area contributed by atoms with Gasteiger partial charge in [0.1, 0.15) is 0 Å². The summed E-state index contributed by atoms with van der Waals surface area (Å²) in [6.07, 6.45) is 3.47. The smallest absolute Gasteiger partial charge is 0.331 e. The number of aromatic amines is 1. The van der Waals surface area contributed by atoms with Gasteiger partial charge in [-0.1, -0.05) is 6.92 Å². The highest BCUT2D eigenvalue weighted by atomic mass is 16.3. The van der Waals surface area contributed by atoms with Gasteiger partial charge in [0.05, 0.1) is 11.6 Å². The minimum absolute atomic E-state index is 0.0165. The van der Waals surface area contributed by atoms with Crippen molar-refractivity contribution in [1.29, 1.82) is 0 Å². The highest BCUT2D eigenvalue weighted by molar-refractivity contribution is 5.24. The van der Waals surface area contributed by atoms with Gasteiger partial charge < -0.3 is 5.11 Å². The number of hydrogen-bond donors (Lipinski definition) is 2. The lowest BCUT2D eigenvalue weighted by atomic mass is 10.1. The lowest BCUT2D eigenvalue weighted by Crippen LogP contribution is -2.38. The second kappa shape index (κ2) is 4.52. The minimum atomic E-state index is -0.488. The third-order valence-corrected chi connectivity index (χ3v) is 4.47. The van der Waals surface area contributed by atoms with Gasteiger partial charge in [0.25, 0.3) is 5.56 Å². The summed E-state index contributed by atoms with van der Waals surface area (Å²) in [5.74, 6) is -0.144. The summed E-state index contributed by atoms with van der Waals surface area (Å²) in [4.78, 5) is 28.4. The van der Waals surface area contributed by atoms with E-state index in [0.717, 1.165) is 32.4 Å². The van der Waals surface area contributed by atoms with E-state index < -0.39 is 11.2 Å². The zero-order valence-corrected chi connectivity index (χ0v) is 11.1. The van der Waals surface area contributed by atoms with E-state index in [4.69, 9.17) is 0 Å². The zero-order valence-electron chi connectivity index (χ0n) is 11.1. The van der Waals surface area contributed by atoms with Crippen molar-refractivity contribution in [1.82, 2.24) is 14.5 Å². The number of hydrogen-bond acceptors (Lipinski definition) is 4. The molecular weight excluding hydrogens is 246 g/mol. The monoisotopic (exact) mass is 265 g/mol. The van der Waals surface area contributed by atoms with Crippen LogP contribution >= 0.6 is 0 Å². The second-order valence-corrected chi connectivity index (χ2v) is 5.39. The van der Waals surface area contributed by atoms with Crippen LogP contribution < -0.4 is 11.2 Å². The quantitative estimate of drug-likeness (QED) is 0.801. The number of aromatic hydroxyl groups is 1. The molecule has 6 nitrogen and oxygen atoms in total. The molecule has 0 aliphatic carbocycles. The molecule has 2 N–H and O–H groups in total. The van der Waals surface area contributed by atoms with Crippen LogP contribution in [0.3, 0.4) is 0 Å². The molecule has 2 unspecified atom stereocenters. The molecule has 0 aromatic carbocycles. The maximum atomic E-state index is 12.0. The first-order valence-electron chi connectivity index (χ1n) is 6.94. The molecule has 0 amide bonds. The standard InChI is InChI=1S/C13H19N3O3/c1-2-8-11(17)14-13(19)16(12(8)18)10-5-7-15-6-3-4-9(10)15/h9-10,18H,2-7H2,1H3,(H,14,17,19). The molecule has 19 heavy (non-hydrogen) atoms. The second-order valence-electron chi connectivity index (χ2n) is 5.39. The fraction of sp³-hybridized carbons (Fsp3) is 0.692. The Labute approximate surface area is 110 Å². The Balaban J connectivity index is 2.10. The molecule has 0 bridgehead atoms. The van der Waals surface area contributed by atoms with E-state index in [9.17, 15) is 14.7 Å². The lowest BCUT2D eigenvalue weighted by Gasteiger charge is -2.23. The molecule has 3 rings (SSSR count). The average molecular weight is 265 g/mol. The maximum absolute atomic E-state index is 12.0. The van der Waals surface area contributed by atoms with Crippen molar-refractivity contribution in [2.45, 2.75) is 44.7 Å². The molecule has 2 aliphatic heterocycles. The largest absolute Gasteiger partial charge is 0.494 e. The minimum Gasteiger partial charge on any atom is -0.494 e. The number of H-pyrrole nitrogens is 1. The van der Waals surface area contributed by atoms with Gasteiger partial charge in [-0.25, -0.2) is 4.79 Å². The van der Waals surface area contributed by atoms with Crippen molar-refractivity contribution in [2.24, 2.45) is 0 Å². The van der Waals surface area contributed by atoms with E-state index in [2.05, 4.69) is 9.88 Å². The highest BCUT2D eigenvalue weighted by Gasteiger charge is 2.39. The molecule has 0 radical (unpaired) electrons. The van der Waals surface area contributed by atoms with Crippen LogP contribution in [0.2, 0.25) is 0 Å². The summed E-state index contributed by atoms with van der Waals surface area (Å²) in [5.41, 5.74) is -0.656. The van der Waals surface area contributed by atoms with Crippen LogP contribution in [-0.2, 0) is 6.42 Å². The van der Waals surface area contributed by atoms with Crippen molar-refractivity contribution < 1.29 is 5.11 Å². The number of rotatable bonds is 2. The van der Waals surface area contributed by atoms with Crippen molar-refractivity contribution in [3.05, 3.63) is 26.4 Å². The van der Waals surface area contributed by atoms with Gasteiger partial charge in [-0.15, -0.1) is 0 Å². The van der Waals surface area contributed by atoms with E-state index >= 15 is 0 Å². The van der Waals surface area contributed by atoms with Crippen molar-refractivity contribution in [2.75, 3.05) is 13.1 Å². The number of nitrogens with one attached hydrogen (secondary N) is 1. The molecule has 104 valence electrons. The maximum Gasteiger partial charge on any atom is 0.331 e. The van der Waals surface area contributed by atoms with Crippen LogP contribution in [0.1, 0.15) is 37.8 Å². The van der Waals surface area contributed by atoms with Gasteiger partial charge in [-0.05, 0) is 32.2 Å². The van der Waals surface area contributed by atoms with Gasteiger partial charge in [-0.2, -0.15) is 0 Å². The van der Waals surface area contributed by atoms with E-state index in [-0.39, 0.29) is 11.9 Å². The van der Waals surface area contributed by atoms with Crippen LogP contribution in [0.4, 0.5) is 0 Å². The molecule has 2 aliphatic rings. The van der Waals surface area contributed by atoms with Gasteiger partial charge in [0, 0.05) is 12.6 Å². The molecular formula is C13H19N3O3. The number of fused-ring (bicyclic) bond motifs is 1. The van der Waals surface area contributed by atoms with Crippen molar-refractivity contribution in [3.63, 3.8) is 0 Å². The van der Waals surface area contributed by atoms with E-state index in [1.807, 2.05) is 0 Å². The Morgan fingerprint density at radius 2 is 2.05 bits per heavy atom. The molecule has 1 aromatic rings. The van der Waals surface area contributed by atoms with E-state index in [1.54, 1.807) is 6.92 Å². The predicted molar refractivity (Wildman–Crippen MR) is 70.6 cm³/mol. The Hall–Kier alpha value is -1.56. The summed E-state index contributed by atoms with van der Waals surface area (Å²) >= 11 is 0. The van der Waals surface area contributed by atoms with E-state index in [1.165, 1.54) is 4.57 Å². The summed E-state index contributed by atoms with van der Waals surface area (Å²) in [6, 6.07) is 0.302. The Bertz CT molecular complexity index is 604. The molecule has 2 fully saturated rings. The average Bonchev–Trinajstić information content (AvgIpc) is 2.93. The van der Waals surface area contributed by atoms with Crippen LogP contribution in [0.5, 0.6) is 5.88 Å². The fourth-order valence-electron chi connectivity index (χ4n) is 3.56. The highest BCUT2D eigenvalue weighted by Crippen LogP contribution is 2.36. The molecule has 2 atom stereocenters. The first-order chi connectivity index (χ1) is 9.13. The van der Waals surface area contributed by atoms with Crippen LogP contribution in [-0.4, -0.2) is 38.7 Å². The van der Waals surface area contributed by atoms with Crippen molar-refractivity contribution >= 4 is 0 Å². The van der Waals surface area contributed by atoms with Gasteiger partial charge in [0.15, 0.2) is 0 Å². The van der Waals surface area contributed by atoms with Gasteiger partial charge in [0.2, 0.25) is 5.88 Å². The summed E-state index contributed by atoms with van der Waals surface area (Å²) in [6.45, 7) is 3.83. The fourth-order valence-corrected chi connectivity index (χ4v) is 3.56. The first-order valence-corrected chi connectivity index (χ1v) is 6.94. The summed E-state index contributed by atoms with van der Waals surface area (Å²) < 4.78 is 1.40. The third kappa shape index (κ3) is 1.82. The summed E-state index contributed by atoms with van der Waals surface area (Å²) in [7, 11) is 0. The molecule has 2 saturated heterocycles. The lowest BCUT2D eigenvalue weighted by molar-refractivity contribution is 0.270. The van der Waals surface area contributed by atoms with Gasteiger partial charge in [-0.3, -0.25) is 19.2 Å². The molecule has 3 heterocycles. The van der Waals surface area contributed by atoms with Gasteiger partial charge >= 0.3 is 5.69 Å².